The molecule has 1 atom stereocenters. The molecule has 240 valence electrons. The van der Waals surface area contributed by atoms with Gasteiger partial charge in [-0.2, -0.15) is 0 Å². The second kappa shape index (κ2) is 16.4. The van der Waals surface area contributed by atoms with E-state index in [2.05, 4.69) is 34.5 Å². The summed E-state index contributed by atoms with van der Waals surface area (Å²) >= 11 is 26.1. The Labute approximate surface area is 294 Å². The molecule has 1 unspecified atom stereocenters. The minimum absolute atomic E-state index is 0.270. The van der Waals surface area contributed by atoms with Crippen molar-refractivity contribution in [1.82, 2.24) is 10.2 Å². The van der Waals surface area contributed by atoms with Gasteiger partial charge in [-0.25, -0.2) is 0 Å². The summed E-state index contributed by atoms with van der Waals surface area (Å²) in [5, 5.41) is 6.48. The predicted octanol–water partition coefficient (Wildman–Crippen LogP) is 6.14. The van der Waals surface area contributed by atoms with Crippen LogP contribution in [-0.2, 0) is 9.31 Å². The van der Waals surface area contributed by atoms with Gasteiger partial charge >= 0.3 is 13.8 Å². The Morgan fingerprint density at radius 2 is 1.02 bits per heavy atom. The number of halogens is 4. The number of nitrogens with one attached hydrogen (secondary N) is 1. The van der Waals surface area contributed by atoms with Gasteiger partial charge in [-0.15, -0.1) is 0 Å². The zero-order valence-electron chi connectivity index (χ0n) is 26.9. The van der Waals surface area contributed by atoms with Crippen LogP contribution in [0.4, 0.5) is 0 Å². The molecule has 0 spiro atoms. The molecular weight excluding hydrogens is 656 g/mol. The Morgan fingerprint density at radius 3 is 1.41 bits per heavy atom. The highest BCUT2D eigenvalue weighted by Gasteiger charge is 2.28. The van der Waals surface area contributed by atoms with Gasteiger partial charge in [0.1, 0.15) is 0 Å². The first-order valence-corrected chi connectivity index (χ1v) is 17.3. The lowest BCUT2D eigenvalue weighted by Crippen LogP contribution is -2.54. The number of hydrogen-bond donors (Lipinski definition) is 1. The van der Waals surface area contributed by atoms with E-state index in [1.807, 2.05) is 76.2 Å². The maximum atomic E-state index is 6.63. The average molecular weight is 696 g/mol. The van der Waals surface area contributed by atoms with Crippen molar-refractivity contribution in [2.45, 2.75) is 40.2 Å². The first-order valence-electron chi connectivity index (χ1n) is 15.8. The summed E-state index contributed by atoms with van der Waals surface area (Å²) in [5.74, 6) is 0. The van der Waals surface area contributed by atoms with E-state index in [-0.39, 0.29) is 13.8 Å². The summed E-state index contributed by atoms with van der Waals surface area (Å²) in [7, 11) is 0. The Morgan fingerprint density at radius 1 is 0.630 bits per heavy atom. The van der Waals surface area contributed by atoms with Crippen LogP contribution in [0.25, 0.3) is 0 Å². The van der Waals surface area contributed by atoms with Crippen molar-refractivity contribution in [2.24, 2.45) is 0 Å². The zero-order valence-corrected chi connectivity index (χ0v) is 29.9. The second-order valence-corrected chi connectivity index (χ2v) is 13.8. The second-order valence-electron chi connectivity index (χ2n) is 12.2. The summed E-state index contributed by atoms with van der Waals surface area (Å²) in [6.07, 6.45) is 0.868. The largest absolute Gasteiger partial charge is 0.427 e. The zero-order chi connectivity index (χ0) is 32.8. The highest BCUT2D eigenvalue weighted by atomic mass is 35.5. The van der Waals surface area contributed by atoms with Crippen molar-refractivity contribution in [1.29, 1.82) is 0 Å². The summed E-state index contributed by atoms with van der Waals surface area (Å²) < 4.78 is 13.2. The molecule has 0 radical (unpaired) electrons. The third-order valence-corrected chi connectivity index (χ3v) is 10.5. The fraction of sp³-hybridized carbons (Fsp3) is 0.333. The minimum atomic E-state index is -0.274. The Hall–Kier alpha value is -1.99. The smallest absolute Gasteiger partial charge is 0.361 e. The van der Waals surface area contributed by atoms with Crippen LogP contribution in [0.15, 0.2) is 72.8 Å². The van der Waals surface area contributed by atoms with Crippen LogP contribution < -0.4 is 27.2 Å². The molecule has 0 saturated carbocycles. The number of piperazine rings is 1. The normalized spacial score (nSPS) is 15.3. The van der Waals surface area contributed by atoms with Gasteiger partial charge < -0.3 is 14.6 Å². The molecular formula is C36H40B2Cl4N2O2. The summed E-state index contributed by atoms with van der Waals surface area (Å²) in [5.41, 5.74) is 8.21. The van der Waals surface area contributed by atoms with Crippen LogP contribution in [-0.4, -0.2) is 64.2 Å². The number of nitrogens with zero attached hydrogens (tertiary/aromatic N) is 1. The molecule has 4 aromatic carbocycles. The van der Waals surface area contributed by atoms with Crippen LogP contribution in [0.3, 0.4) is 0 Å². The molecule has 1 aliphatic rings. The van der Waals surface area contributed by atoms with Crippen molar-refractivity contribution >= 4 is 82.1 Å². The van der Waals surface area contributed by atoms with E-state index in [1.165, 1.54) is 0 Å². The molecule has 1 fully saturated rings. The third kappa shape index (κ3) is 8.92. The highest BCUT2D eigenvalue weighted by Crippen LogP contribution is 2.18. The van der Waals surface area contributed by atoms with E-state index < -0.39 is 0 Å². The average Bonchev–Trinajstić information content (AvgIpc) is 3.04. The number of aryl methyl sites for hydroxylation is 4. The highest BCUT2D eigenvalue weighted by molar-refractivity contribution is 6.80. The first-order chi connectivity index (χ1) is 22.1. The fourth-order valence-corrected chi connectivity index (χ4v) is 6.61. The SMILES string of the molecule is Cc1ccc(B(OCCC2CNCCN2CCOB(c2ccc(C)c(Cl)c2)c2ccc(C)c(Cl)c2)c2ccc(C)c(Cl)c2)cc1Cl. The van der Waals surface area contributed by atoms with Gasteiger partial charge in [0.2, 0.25) is 0 Å². The fourth-order valence-electron chi connectivity index (χ4n) is 5.85. The Bertz CT molecular complexity index is 1430. The lowest BCUT2D eigenvalue weighted by atomic mass is 9.55. The van der Waals surface area contributed by atoms with Gasteiger partial charge in [0.25, 0.3) is 0 Å². The molecule has 5 rings (SSSR count). The molecule has 0 bridgehead atoms. The molecule has 10 heteroatoms. The topological polar surface area (TPSA) is 33.7 Å². The maximum absolute atomic E-state index is 6.63. The molecule has 1 heterocycles. The van der Waals surface area contributed by atoms with Gasteiger partial charge in [0.05, 0.1) is 0 Å². The quantitative estimate of drug-likeness (QED) is 0.181. The van der Waals surface area contributed by atoms with Crippen molar-refractivity contribution in [3.63, 3.8) is 0 Å². The predicted molar refractivity (Wildman–Crippen MR) is 200 cm³/mol. The molecule has 4 nitrogen and oxygen atoms in total. The number of benzene rings is 4. The van der Waals surface area contributed by atoms with Crippen LogP contribution in [0.1, 0.15) is 28.7 Å². The van der Waals surface area contributed by atoms with E-state index in [1.54, 1.807) is 0 Å². The summed E-state index contributed by atoms with van der Waals surface area (Å²) in [4.78, 5) is 2.50. The molecule has 0 aromatic heterocycles. The van der Waals surface area contributed by atoms with Crippen molar-refractivity contribution in [3.05, 3.63) is 115 Å². The Kier molecular flexibility index (Phi) is 12.6. The Balaban J connectivity index is 1.26. The van der Waals surface area contributed by atoms with Gasteiger partial charge in [0.15, 0.2) is 0 Å². The van der Waals surface area contributed by atoms with E-state index in [4.69, 9.17) is 55.7 Å². The van der Waals surface area contributed by atoms with Crippen LogP contribution in [0, 0.1) is 27.7 Å². The third-order valence-electron chi connectivity index (χ3n) is 8.87. The molecule has 1 saturated heterocycles. The summed E-state index contributed by atoms with van der Waals surface area (Å²) in [6.45, 7) is 12.2. The van der Waals surface area contributed by atoms with Gasteiger partial charge in [-0.1, -0.05) is 94.9 Å². The van der Waals surface area contributed by atoms with E-state index in [0.29, 0.717) is 19.3 Å². The van der Waals surface area contributed by atoms with Crippen LogP contribution >= 0.6 is 46.4 Å². The number of rotatable bonds is 12. The molecule has 4 aromatic rings. The molecule has 0 aliphatic carbocycles. The maximum Gasteiger partial charge on any atom is 0.361 e. The van der Waals surface area contributed by atoms with Crippen LogP contribution in [0.5, 0.6) is 0 Å². The minimum Gasteiger partial charge on any atom is -0.427 e. The van der Waals surface area contributed by atoms with Crippen molar-refractivity contribution in [2.75, 3.05) is 39.4 Å². The molecule has 1 N–H and O–H groups in total. The van der Waals surface area contributed by atoms with Crippen molar-refractivity contribution < 1.29 is 9.31 Å². The van der Waals surface area contributed by atoms with Crippen molar-refractivity contribution in [3.8, 4) is 0 Å². The first kappa shape index (κ1) is 35.3. The van der Waals surface area contributed by atoms with Gasteiger partial charge in [-0.05, 0) is 102 Å². The number of hydrogen-bond acceptors (Lipinski definition) is 4. The standard InChI is InChI=1S/C36H40B2Cl4N2O2/c1-24-5-9-28(19-33(24)39)37(29-10-6-25(2)34(40)20-29)45-17-13-32-23-43-14-15-44(32)16-18-46-38(30-11-7-26(3)35(41)21-30)31-12-8-27(4)36(42)22-31/h5-12,19-22,32,43H,13-18,23H2,1-4H3. The summed E-state index contributed by atoms with van der Waals surface area (Å²) in [6, 6.07) is 24.8. The van der Waals surface area contributed by atoms with E-state index in [9.17, 15) is 0 Å². The van der Waals surface area contributed by atoms with E-state index in [0.717, 1.165) is 96.8 Å². The lowest BCUT2D eigenvalue weighted by molar-refractivity contribution is 0.116. The van der Waals surface area contributed by atoms with E-state index >= 15 is 0 Å². The molecule has 46 heavy (non-hydrogen) atoms. The molecule has 1 aliphatic heterocycles. The van der Waals surface area contributed by atoms with Gasteiger partial charge in [-0.3, -0.25) is 4.90 Å². The lowest BCUT2D eigenvalue weighted by Gasteiger charge is -2.36. The van der Waals surface area contributed by atoms with Crippen LogP contribution in [0.2, 0.25) is 20.1 Å². The van der Waals surface area contributed by atoms with Gasteiger partial charge in [0, 0.05) is 65.5 Å². The monoisotopic (exact) mass is 694 g/mol. The molecule has 0 amide bonds.